The molecule has 0 saturated heterocycles. The van der Waals surface area contributed by atoms with Gasteiger partial charge in [0.15, 0.2) is 18.0 Å². The molecule has 22 heavy (non-hydrogen) atoms. The second-order valence-corrected chi connectivity index (χ2v) is 5.35. The molecule has 2 aromatic rings. The SMILES string of the molecule is Nc1[nH]c(=O)n(SF)c(=O)c1Sc1cccnc1C(F)(F)F. The van der Waals surface area contributed by atoms with Gasteiger partial charge in [-0.3, -0.25) is 14.8 Å². The van der Waals surface area contributed by atoms with E-state index >= 15 is 0 Å². The number of hydrogen-bond acceptors (Lipinski definition) is 6. The summed E-state index contributed by atoms with van der Waals surface area (Å²) in [6.45, 7) is 0. The quantitative estimate of drug-likeness (QED) is 0.820. The largest absolute Gasteiger partial charge is 0.434 e. The number of nitrogens with one attached hydrogen (secondary N) is 1. The second kappa shape index (κ2) is 6.04. The molecule has 0 amide bonds. The van der Waals surface area contributed by atoms with Crippen LogP contribution in [0.3, 0.4) is 0 Å². The molecule has 2 aromatic heterocycles. The van der Waals surface area contributed by atoms with Crippen molar-refractivity contribution >= 4 is 29.9 Å². The second-order valence-electron chi connectivity index (χ2n) is 3.79. The monoisotopic (exact) mass is 354 g/mol. The third kappa shape index (κ3) is 3.11. The maximum Gasteiger partial charge on any atom is 0.434 e. The van der Waals surface area contributed by atoms with Gasteiger partial charge in [0.1, 0.15) is 10.7 Å². The number of pyridine rings is 1. The Bertz CT molecular complexity index is 818. The van der Waals surface area contributed by atoms with E-state index in [-0.39, 0.29) is 3.97 Å². The predicted octanol–water partition coefficient (Wildman–Crippen LogP) is 2.06. The van der Waals surface area contributed by atoms with Crippen LogP contribution in [-0.4, -0.2) is 13.9 Å². The molecule has 0 fully saturated rings. The van der Waals surface area contributed by atoms with Crippen molar-refractivity contribution in [1.29, 1.82) is 0 Å². The van der Waals surface area contributed by atoms with Crippen molar-refractivity contribution in [3.05, 3.63) is 44.9 Å². The summed E-state index contributed by atoms with van der Waals surface area (Å²) in [6, 6.07) is 2.32. The van der Waals surface area contributed by atoms with E-state index in [1.807, 2.05) is 4.98 Å². The van der Waals surface area contributed by atoms with Gasteiger partial charge in [-0.1, -0.05) is 11.8 Å². The molecule has 12 heteroatoms. The predicted molar refractivity (Wildman–Crippen MR) is 73.2 cm³/mol. The topological polar surface area (TPSA) is 93.8 Å². The van der Waals surface area contributed by atoms with Gasteiger partial charge < -0.3 is 5.73 Å². The lowest BCUT2D eigenvalue weighted by atomic mass is 10.3. The van der Waals surface area contributed by atoms with E-state index in [0.29, 0.717) is 11.8 Å². The molecule has 118 valence electrons. The van der Waals surface area contributed by atoms with E-state index in [1.165, 1.54) is 6.07 Å². The van der Waals surface area contributed by atoms with Crippen LogP contribution in [0.2, 0.25) is 0 Å². The minimum Gasteiger partial charge on any atom is -0.384 e. The molecule has 0 aromatic carbocycles. The van der Waals surface area contributed by atoms with Crippen LogP contribution in [0.5, 0.6) is 0 Å². The zero-order valence-corrected chi connectivity index (χ0v) is 12.0. The first kappa shape index (κ1) is 16.4. The standard InChI is InChI=1S/C10H6F4N4O2S2/c11-10(12,13)6-4(2-1-3-16-6)21-5-7(15)17-9(20)18(22-14)8(5)19/h1-3H,15H2,(H,17,20). The summed E-state index contributed by atoms with van der Waals surface area (Å²) < 4.78 is 51.2. The lowest BCUT2D eigenvalue weighted by Crippen LogP contribution is -2.32. The summed E-state index contributed by atoms with van der Waals surface area (Å²) in [5, 5.41) is 0. The molecule has 3 N–H and O–H groups in total. The highest BCUT2D eigenvalue weighted by Crippen LogP contribution is 2.38. The van der Waals surface area contributed by atoms with Crippen molar-refractivity contribution < 1.29 is 17.1 Å². The average Bonchev–Trinajstić information content (AvgIpc) is 2.43. The fourth-order valence-electron chi connectivity index (χ4n) is 1.48. The minimum absolute atomic E-state index is 0.0995. The van der Waals surface area contributed by atoms with E-state index in [9.17, 15) is 26.6 Å². The Hall–Kier alpha value is -1.95. The van der Waals surface area contributed by atoms with E-state index in [4.69, 9.17) is 5.73 Å². The smallest absolute Gasteiger partial charge is 0.384 e. The Labute approximate surface area is 128 Å². The number of rotatable bonds is 3. The number of nitrogen functional groups attached to an aromatic ring is 1. The zero-order valence-electron chi connectivity index (χ0n) is 10.3. The third-order valence-corrected chi connectivity index (χ3v) is 3.99. The highest BCUT2D eigenvalue weighted by Gasteiger charge is 2.35. The molecule has 0 aliphatic heterocycles. The Morgan fingerprint density at radius 2 is 2.00 bits per heavy atom. The van der Waals surface area contributed by atoms with Crippen molar-refractivity contribution in [2.45, 2.75) is 16.0 Å². The van der Waals surface area contributed by atoms with Gasteiger partial charge in [0, 0.05) is 11.1 Å². The minimum atomic E-state index is -4.74. The summed E-state index contributed by atoms with van der Waals surface area (Å²) in [7, 11) is 0. The normalized spacial score (nSPS) is 11.6. The van der Waals surface area contributed by atoms with Crippen LogP contribution in [0, 0.1) is 0 Å². The highest BCUT2D eigenvalue weighted by molar-refractivity contribution is 7.99. The molecular weight excluding hydrogens is 348 g/mol. The first-order valence-corrected chi connectivity index (χ1v) is 6.88. The Balaban J connectivity index is 2.59. The molecule has 6 nitrogen and oxygen atoms in total. The number of halogens is 4. The number of anilines is 1. The van der Waals surface area contributed by atoms with Crippen LogP contribution in [0.4, 0.5) is 22.9 Å². The van der Waals surface area contributed by atoms with Crippen molar-refractivity contribution in [3.63, 3.8) is 0 Å². The molecule has 0 aliphatic rings. The van der Waals surface area contributed by atoms with Crippen molar-refractivity contribution in [1.82, 2.24) is 13.9 Å². The summed E-state index contributed by atoms with van der Waals surface area (Å²) in [5.41, 5.74) is 1.93. The molecule has 2 heterocycles. The maximum atomic E-state index is 12.8. The van der Waals surface area contributed by atoms with Crippen LogP contribution >= 0.6 is 24.1 Å². The van der Waals surface area contributed by atoms with Crippen molar-refractivity contribution in [3.8, 4) is 0 Å². The van der Waals surface area contributed by atoms with Gasteiger partial charge in [-0.15, -0.1) is 3.89 Å². The van der Waals surface area contributed by atoms with Crippen molar-refractivity contribution in [2.75, 3.05) is 5.73 Å². The number of alkyl halides is 3. The molecule has 2 rings (SSSR count). The van der Waals surface area contributed by atoms with E-state index in [0.717, 1.165) is 12.3 Å². The molecule has 0 radical (unpaired) electrons. The number of nitrogens with two attached hydrogens (primary N) is 1. The van der Waals surface area contributed by atoms with Gasteiger partial charge in [0.2, 0.25) is 0 Å². The van der Waals surface area contributed by atoms with E-state index < -0.39 is 51.1 Å². The average molecular weight is 354 g/mol. The number of aromatic amines is 1. The van der Waals surface area contributed by atoms with Gasteiger partial charge in [0.25, 0.3) is 5.56 Å². The fraction of sp³-hybridized carbons (Fsp3) is 0.100. The number of H-pyrrole nitrogens is 1. The molecule has 0 spiro atoms. The molecule has 0 bridgehead atoms. The van der Waals surface area contributed by atoms with E-state index in [2.05, 4.69) is 4.98 Å². The van der Waals surface area contributed by atoms with Crippen LogP contribution in [-0.2, 0) is 6.18 Å². The molecule has 0 atom stereocenters. The van der Waals surface area contributed by atoms with Gasteiger partial charge in [-0.05, 0) is 12.1 Å². The number of hydrogen-bond donors (Lipinski definition) is 2. The highest BCUT2D eigenvalue weighted by atomic mass is 32.2. The number of aromatic nitrogens is 3. The molecule has 0 unspecified atom stereocenters. The van der Waals surface area contributed by atoms with Crippen LogP contribution in [0.25, 0.3) is 0 Å². The Morgan fingerprint density at radius 3 is 2.59 bits per heavy atom. The summed E-state index contributed by atoms with van der Waals surface area (Å²) in [6.07, 6.45) is -3.80. The molecule has 0 aliphatic carbocycles. The Morgan fingerprint density at radius 1 is 1.32 bits per heavy atom. The fourth-order valence-corrected chi connectivity index (χ4v) is 2.77. The third-order valence-electron chi connectivity index (χ3n) is 2.37. The van der Waals surface area contributed by atoms with Gasteiger partial charge in [-0.2, -0.15) is 17.1 Å². The van der Waals surface area contributed by atoms with Crippen LogP contribution in [0.1, 0.15) is 5.69 Å². The lowest BCUT2D eigenvalue weighted by Gasteiger charge is -2.11. The van der Waals surface area contributed by atoms with E-state index in [1.54, 1.807) is 0 Å². The molecular formula is C10H6F4N4O2S2. The van der Waals surface area contributed by atoms with Crippen molar-refractivity contribution in [2.24, 2.45) is 0 Å². The first-order valence-electron chi connectivity index (χ1n) is 5.39. The van der Waals surface area contributed by atoms with Gasteiger partial charge >= 0.3 is 11.9 Å². The van der Waals surface area contributed by atoms with Gasteiger partial charge in [0.05, 0.1) is 0 Å². The zero-order chi connectivity index (χ0) is 16.5. The molecule has 0 saturated carbocycles. The lowest BCUT2D eigenvalue weighted by molar-refractivity contribution is -0.143. The van der Waals surface area contributed by atoms with Crippen LogP contribution < -0.4 is 17.0 Å². The summed E-state index contributed by atoms with van der Waals surface area (Å²) >= 11 is -0.340. The summed E-state index contributed by atoms with van der Waals surface area (Å²) in [5.74, 6) is -0.456. The maximum absolute atomic E-state index is 12.8. The Kier molecular flexibility index (Phi) is 4.51. The first-order chi connectivity index (χ1) is 10.3. The van der Waals surface area contributed by atoms with Crippen LogP contribution in [0.15, 0.2) is 37.7 Å². The van der Waals surface area contributed by atoms with Gasteiger partial charge in [-0.25, -0.2) is 4.79 Å². The number of nitrogens with zero attached hydrogens (tertiary/aromatic N) is 2. The summed E-state index contributed by atoms with van der Waals surface area (Å²) in [4.78, 5) is 27.5.